The quantitative estimate of drug-likeness (QED) is 0.744. The lowest BCUT2D eigenvalue weighted by Crippen LogP contribution is -2.53. The minimum atomic E-state index is -3.03. The van der Waals surface area contributed by atoms with Crippen LogP contribution in [0.2, 0.25) is 0 Å². The molecular formula is C23H30N2O2S. The van der Waals surface area contributed by atoms with Crippen LogP contribution in [0.1, 0.15) is 36.9 Å². The van der Waals surface area contributed by atoms with Crippen molar-refractivity contribution >= 4 is 10.0 Å². The van der Waals surface area contributed by atoms with Gasteiger partial charge < -0.3 is 0 Å². The van der Waals surface area contributed by atoms with E-state index in [0.29, 0.717) is 31.0 Å². The summed E-state index contributed by atoms with van der Waals surface area (Å²) in [6, 6.07) is 21.8. The van der Waals surface area contributed by atoms with Gasteiger partial charge in [0, 0.05) is 26.2 Å². The second-order valence-corrected chi connectivity index (χ2v) is 10.3. The van der Waals surface area contributed by atoms with E-state index in [9.17, 15) is 8.42 Å². The molecular weight excluding hydrogens is 368 g/mol. The zero-order valence-electron chi connectivity index (χ0n) is 16.6. The Kier molecular flexibility index (Phi) is 5.85. The summed E-state index contributed by atoms with van der Waals surface area (Å²) < 4.78 is 25.9. The second kappa shape index (κ2) is 8.36. The Bertz CT molecular complexity index is 816. The van der Waals surface area contributed by atoms with Gasteiger partial charge in [-0.15, -0.1) is 0 Å². The lowest BCUT2D eigenvalue weighted by molar-refractivity contribution is 0.0162. The Morgan fingerprint density at radius 3 is 1.82 bits per heavy atom. The largest absolute Gasteiger partial charge is 0.292 e. The lowest BCUT2D eigenvalue weighted by atomic mass is 9.78. The third-order valence-corrected chi connectivity index (χ3v) is 8.34. The maximum atomic E-state index is 12.1. The van der Waals surface area contributed by atoms with Gasteiger partial charge in [0.2, 0.25) is 10.0 Å². The first kappa shape index (κ1) is 19.6. The molecule has 0 aromatic heterocycles. The van der Waals surface area contributed by atoms with Crippen LogP contribution in [0.4, 0.5) is 0 Å². The molecule has 0 radical (unpaired) electrons. The summed E-state index contributed by atoms with van der Waals surface area (Å²) in [7, 11) is -3.03. The fourth-order valence-electron chi connectivity index (χ4n) is 4.75. The molecule has 0 saturated carbocycles. The van der Waals surface area contributed by atoms with Gasteiger partial charge in [0.1, 0.15) is 0 Å². The van der Waals surface area contributed by atoms with Crippen LogP contribution in [0.5, 0.6) is 0 Å². The van der Waals surface area contributed by atoms with E-state index in [2.05, 4.69) is 65.6 Å². The fraction of sp³-hybridized carbons (Fsp3) is 0.478. The average Bonchev–Trinajstić information content (AvgIpc) is 2.72. The molecule has 0 N–H and O–H groups in total. The molecule has 28 heavy (non-hydrogen) atoms. The Morgan fingerprint density at radius 2 is 1.36 bits per heavy atom. The second-order valence-electron chi connectivity index (χ2n) is 8.07. The van der Waals surface area contributed by atoms with E-state index in [4.69, 9.17) is 0 Å². The highest BCUT2D eigenvalue weighted by Crippen LogP contribution is 2.39. The smallest absolute Gasteiger partial charge is 0.213 e. The van der Waals surface area contributed by atoms with Crippen LogP contribution in [0, 0.1) is 11.8 Å². The monoisotopic (exact) mass is 398 g/mol. The minimum Gasteiger partial charge on any atom is -0.292 e. The van der Waals surface area contributed by atoms with Crippen molar-refractivity contribution < 1.29 is 8.42 Å². The number of sulfonamides is 1. The number of hydrogen-bond acceptors (Lipinski definition) is 3. The van der Waals surface area contributed by atoms with Crippen molar-refractivity contribution in [3.05, 3.63) is 71.8 Å². The summed E-state index contributed by atoms with van der Waals surface area (Å²) in [6.45, 7) is 5.31. The third-order valence-electron chi connectivity index (χ3n) is 6.46. The van der Waals surface area contributed by atoms with Gasteiger partial charge in [-0.25, -0.2) is 12.7 Å². The Balaban J connectivity index is 1.41. The van der Waals surface area contributed by atoms with E-state index in [-0.39, 0.29) is 5.75 Å². The molecule has 150 valence electrons. The number of likely N-dealkylation sites (tertiary alicyclic amines) is 1. The van der Waals surface area contributed by atoms with Gasteiger partial charge in [0.15, 0.2) is 0 Å². The van der Waals surface area contributed by atoms with E-state index >= 15 is 0 Å². The van der Waals surface area contributed by atoms with Gasteiger partial charge in [-0.3, -0.25) is 4.90 Å². The van der Waals surface area contributed by atoms with Crippen molar-refractivity contribution in [3.8, 4) is 0 Å². The maximum absolute atomic E-state index is 12.1. The lowest BCUT2D eigenvalue weighted by Gasteiger charge is -2.49. The van der Waals surface area contributed by atoms with Crippen molar-refractivity contribution in [2.45, 2.75) is 25.8 Å². The van der Waals surface area contributed by atoms with Gasteiger partial charge in [-0.05, 0) is 42.7 Å². The molecule has 2 aromatic carbocycles. The summed E-state index contributed by atoms with van der Waals surface area (Å²) in [5.41, 5.74) is 2.69. The zero-order chi connectivity index (χ0) is 19.6. The van der Waals surface area contributed by atoms with E-state index in [1.165, 1.54) is 11.1 Å². The number of piperidine rings is 1. The minimum absolute atomic E-state index is 0.213. The topological polar surface area (TPSA) is 40.6 Å². The molecule has 2 saturated heterocycles. The van der Waals surface area contributed by atoms with Gasteiger partial charge in [0.05, 0.1) is 11.8 Å². The molecule has 2 aliphatic rings. The van der Waals surface area contributed by atoms with Crippen molar-refractivity contribution in [1.29, 1.82) is 0 Å². The zero-order valence-corrected chi connectivity index (χ0v) is 17.4. The highest BCUT2D eigenvalue weighted by atomic mass is 32.2. The van der Waals surface area contributed by atoms with Crippen LogP contribution in [-0.4, -0.2) is 49.6 Å². The molecule has 0 amide bonds. The Hall–Kier alpha value is -1.69. The van der Waals surface area contributed by atoms with Crippen LogP contribution in [0.15, 0.2) is 60.7 Å². The summed E-state index contributed by atoms with van der Waals surface area (Å²) in [5.74, 6) is 1.54. The molecule has 4 rings (SSSR count). The molecule has 2 aromatic rings. The van der Waals surface area contributed by atoms with Crippen LogP contribution < -0.4 is 0 Å². The predicted octanol–water partition coefficient (Wildman–Crippen LogP) is 3.77. The molecule has 0 spiro atoms. The molecule has 2 fully saturated rings. The molecule has 2 aliphatic heterocycles. The number of hydrogen-bond donors (Lipinski definition) is 0. The first-order valence-corrected chi connectivity index (χ1v) is 12.0. The molecule has 0 bridgehead atoms. The Labute approximate surface area is 169 Å². The van der Waals surface area contributed by atoms with Gasteiger partial charge in [0.25, 0.3) is 0 Å². The van der Waals surface area contributed by atoms with Crippen LogP contribution >= 0.6 is 0 Å². The van der Waals surface area contributed by atoms with Crippen LogP contribution in [0.25, 0.3) is 0 Å². The van der Waals surface area contributed by atoms with Crippen molar-refractivity contribution in [2.24, 2.45) is 11.8 Å². The Morgan fingerprint density at radius 1 is 0.857 bits per heavy atom. The number of nitrogens with zero attached hydrogens (tertiary/aromatic N) is 2. The van der Waals surface area contributed by atoms with E-state index < -0.39 is 10.0 Å². The number of rotatable bonds is 6. The highest BCUT2D eigenvalue weighted by molar-refractivity contribution is 7.89. The fourth-order valence-corrected chi connectivity index (χ4v) is 5.88. The molecule has 2 heterocycles. The van der Waals surface area contributed by atoms with Crippen molar-refractivity contribution in [2.75, 3.05) is 31.9 Å². The summed E-state index contributed by atoms with van der Waals surface area (Å²) in [4.78, 5) is 2.57. The molecule has 0 aliphatic carbocycles. The molecule has 4 nitrogen and oxygen atoms in total. The highest BCUT2D eigenvalue weighted by Gasteiger charge is 2.40. The van der Waals surface area contributed by atoms with Gasteiger partial charge in [-0.1, -0.05) is 60.7 Å². The van der Waals surface area contributed by atoms with Crippen LogP contribution in [-0.2, 0) is 10.0 Å². The van der Waals surface area contributed by atoms with Crippen molar-refractivity contribution in [1.82, 2.24) is 9.21 Å². The standard InChI is InChI=1S/C23H30N2O2S/c1-2-28(26,27)25-15-13-19(14-16-25)22-17-24(18-22)23(20-9-5-3-6-10-20)21-11-7-4-8-12-21/h3-12,19,22-23H,2,13-18H2,1H3. The van der Waals surface area contributed by atoms with Gasteiger partial charge in [-0.2, -0.15) is 0 Å². The molecule has 0 unspecified atom stereocenters. The summed E-state index contributed by atoms with van der Waals surface area (Å²) in [6.07, 6.45) is 2.00. The normalized spacial score (nSPS) is 20.4. The molecule has 0 atom stereocenters. The molecule has 5 heteroatoms. The first-order chi connectivity index (χ1) is 13.6. The van der Waals surface area contributed by atoms with E-state index in [1.807, 2.05) is 0 Å². The first-order valence-electron chi connectivity index (χ1n) is 10.4. The van der Waals surface area contributed by atoms with E-state index in [0.717, 1.165) is 25.9 Å². The average molecular weight is 399 g/mol. The van der Waals surface area contributed by atoms with Crippen LogP contribution in [0.3, 0.4) is 0 Å². The van der Waals surface area contributed by atoms with Gasteiger partial charge >= 0.3 is 0 Å². The van der Waals surface area contributed by atoms with E-state index in [1.54, 1.807) is 11.2 Å². The summed E-state index contributed by atoms with van der Waals surface area (Å²) in [5, 5.41) is 0. The van der Waals surface area contributed by atoms with Crippen molar-refractivity contribution in [3.63, 3.8) is 0 Å². The predicted molar refractivity (Wildman–Crippen MR) is 114 cm³/mol. The summed E-state index contributed by atoms with van der Waals surface area (Å²) >= 11 is 0. The third kappa shape index (κ3) is 4.02. The SMILES string of the molecule is CCS(=O)(=O)N1CCC(C2CN(C(c3ccccc3)c3ccccc3)C2)CC1. The maximum Gasteiger partial charge on any atom is 0.213 e. The number of benzene rings is 2.